The molecule has 27 heavy (non-hydrogen) atoms. The van der Waals surface area contributed by atoms with Gasteiger partial charge in [-0.25, -0.2) is 8.42 Å². The number of halogens is 1. The highest BCUT2D eigenvalue weighted by molar-refractivity contribution is 7.89. The van der Waals surface area contributed by atoms with Gasteiger partial charge in [0.15, 0.2) is 0 Å². The molecule has 0 aromatic heterocycles. The summed E-state index contributed by atoms with van der Waals surface area (Å²) >= 11 is 5.81. The minimum atomic E-state index is -3.81. The second-order valence-electron chi connectivity index (χ2n) is 6.90. The summed E-state index contributed by atoms with van der Waals surface area (Å²) in [5, 5.41) is 3.29. The smallest absolute Gasteiger partial charge is 0.241 e. The number of amides is 1. The first-order chi connectivity index (χ1) is 12.8. The minimum absolute atomic E-state index is 0.0812. The Bertz CT molecular complexity index is 704. The van der Waals surface area contributed by atoms with E-state index in [9.17, 15) is 13.2 Å². The van der Waals surface area contributed by atoms with Crippen molar-refractivity contribution in [3.8, 4) is 0 Å². The molecule has 9 heteroatoms. The Morgan fingerprint density at radius 2 is 1.85 bits per heavy atom. The lowest BCUT2D eigenvalue weighted by molar-refractivity contribution is -0.123. The third-order valence-electron chi connectivity index (χ3n) is 4.41. The monoisotopic (exact) mass is 417 g/mol. The number of hydrogen-bond acceptors (Lipinski definition) is 5. The van der Waals surface area contributed by atoms with Gasteiger partial charge >= 0.3 is 0 Å². The van der Waals surface area contributed by atoms with Crippen LogP contribution in [0.5, 0.6) is 0 Å². The molecule has 1 amide bonds. The topological polar surface area (TPSA) is 87.7 Å². The number of carbonyl (C=O) groups excluding carboxylic acids is 1. The molecule has 1 aromatic carbocycles. The van der Waals surface area contributed by atoms with Gasteiger partial charge in [0.25, 0.3) is 0 Å². The molecule has 0 spiro atoms. The lowest BCUT2D eigenvalue weighted by Gasteiger charge is -2.26. The molecule has 1 aliphatic heterocycles. The van der Waals surface area contributed by atoms with Crippen molar-refractivity contribution in [3.63, 3.8) is 0 Å². The molecular weight excluding hydrogens is 390 g/mol. The number of carbonyl (C=O) groups is 1. The summed E-state index contributed by atoms with van der Waals surface area (Å²) in [6, 6.07) is 5.01. The Kier molecular flexibility index (Phi) is 8.50. The molecule has 152 valence electrons. The summed E-state index contributed by atoms with van der Waals surface area (Å²) in [7, 11) is -3.81. The predicted molar refractivity (Wildman–Crippen MR) is 105 cm³/mol. The van der Waals surface area contributed by atoms with Crippen LogP contribution in [0.1, 0.15) is 20.3 Å². The first kappa shape index (κ1) is 22.1. The Labute approximate surface area is 166 Å². The number of hydrogen-bond donors (Lipinski definition) is 2. The van der Waals surface area contributed by atoms with Crippen LogP contribution in [0.25, 0.3) is 0 Å². The molecule has 1 saturated heterocycles. The van der Waals surface area contributed by atoms with Crippen LogP contribution in [0.2, 0.25) is 5.02 Å². The number of benzene rings is 1. The zero-order valence-corrected chi connectivity index (χ0v) is 17.4. The molecule has 1 fully saturated rings. The number of morpholine rings is 1. The molecule has 0 unspecified atom stereocenters. The molecule has 0 radical (unpaired) electrons. The van der Waals surface area contributed by atoms with Gasteiger partial charge in [-0.15, -0.1) is 0 Å². The maximum absolute atomic E-state index is 12.5. The molecule has 2 rings (SSSR count). The maximum atomic E-state index is 12.5. The normalized spacial score (nSPS) is 17.0. The van der Waals surface area contributed by atoms with E-state index in [4.69, 9.17) is 16.3 Å². The van der Waals surface area contributed by atoms with Crippen LogP contribution in [-0.4, -0.2) is 64.7 Å². The van der Waals surface area contributed by atoms with Gasteiger partial charge in [0.05, 0.1) is 18.1 Å². The van der Waals surface area contributed by atoms with Crippen molar-refractivity contribution in [2.45, 2.75) is 31.2 Å². The molecule has 0 bridgehead atoms. The Morgan fingerprint density at radius 1 is 1.22 bits per heavy atom. The zero-order chi connectivity index (χ0) is 19.9. The lowest BCUT2D eigenvalue weighted by Crippen LogP contribution is -2.50. The van der Waals surface area contributed by atoms with E-state index in [1.165, 1.54) is 24.3 Å². The summed E-state index contributed by atoms with van der Waals surface area (Å²) in [6.07, 6.45) is 0.806. The van der Waals surface area contributed by atoms with Crippen LogP contribution in [-0.2, 0) is 19.6 Å². The average Bonchev–Trinajstić information content (AvgIpc) is 2.64. The van der Waals surface area contributed by atoms with Gasteiger partial charge < -0.3 is 10.1 Å². The van der Waals surface area contributed by atoms with E-state index in [1.54, 1.807) is 0 Å². The van der Waals surface area contributed by atoms with E-state index in [2.05, 4.69) is 14.9 Å². The predicted octanol–water partition coefficient (Wildman–Crippen LogP) is 1.48. The number of nitrogens with one attached hydrogen (secondary N) is 2. The highest BCUT2D eigenvalue weighted by atomic mass is 35.5. The third-order valence-corrected chi connectivity index (χ3v) is 6.12. The fourth-order valence-corrected chi connectivity index (χ4v) is 4.26. The van der Waals surface area contributed by atoms with E-state index in [-0.39, 0.29) is 16.7 Å². The van der Waals surface area contributed by atoms with E-state index >= 15 is 0 Å². The molecule has 1 aliphatic rings. The molecular formula is C18H28ClN3O4S. The molecule has 7 nitrogen and oxygen atoms in total. The summed E-state index contributed by atoms with van der Waals surface area (Å²) < 4.78 is 32.9. The highest BCUT2D eigenvalue weighted by Crippen LogP contribution is 2.15. The summed E-state index contributed by atoms with van der Waals surface area (Å²) in [6.45, 7) is 8.30. The standard InChI is InChI=1S/C18H28ClN3O4S/c1-14(2)17(21-27(24,25)16-6-4-15(19)5-7-16)18(23)20-8-3-9-22-10-12-26-13-11-22/h4-7,14,17,21H,3,8-13H2,1-2H3,(H,20,23)/t17-/m0/s1. The van der Waals surface area contributed by atoms with Crippen molar-refractivity contribution in [2.75, 3.05) is 39.4 Å². The summed E-state index contributed by atoms with van der Waals surface area (Å²) in [4.78, 5) is 14.9. The number of ether oxygens (including phenoxy) is 1. The van der Waals surface area contributed by atoms with Crippen molar-refractivity contribution in [1.82, 2.24) is 14.9 Å². The number of nitrogens with zero attached hydrogens (tertiary/aromatic N) is 1. The molecule has 1 atom stereocenters. The summed E-state index contributed by atoms with van der Waals surface area (Å²) in [5.41, 5.74) is 0. The third kappa shape index (κ3) is 7.04. The van der Waals surface area contributed by atoms with E-state index < -0.39 is 16.1 Å². The van der Waals surface area contributed by atoms with Gasteiger partial charge in [-0.2, -0.15) is 4.72 Å². The largest absolute Gasteiger partial charge is 0.379 e. The SMILES string of the molecule is CC(C)[C@H](NS(=O)(=O)c1ccc(Cl)cc1)C(=O)NCCCN1CCOCC1. The fourth-order valence-electron chi connectivity index (χ4n) is 2.79. The van der Waals surface area contributed by atoms with Crippen molar-refractivity contribution in [3.05, 3.63) is 29.3 Å². The average molecular weight is 418 g/mol. The quantitative estimate of drug-likeness (QED) is 0.594. The van der Waals surface area contributed by atoms with E-state index in [1.807, 2.05) is 13.8 Å². The van der Waals surface area contributed by atoms with Crippen LogP contribution in [0.4, 0.5) is 0 Å². The van der Waals surface area contributed by atoms with Crippen LogP contribution in [0, 0.1) is 5.92 Å². The Balaban J connectivity index is 1.87. The van der Waals surface area contributed by atoms with Gasteiger partial charge in [0, 0.05) is 24.7 Å². The first-order valence-electron chi connectivity index (χ1n) is 9.15. The lowest BCUT2D eigenvalue weighted by atomic mass is 10.1. The van der Waals surface area contributed by atoms with E-state index in [0.717, 1.165) is 39.3 Å². The Morgan fingerprint density at radius 3 is 2.44 bits per heavy atom. The molecule has 1 aromatic rings. The van der Waals surface area contributed by atoms with Crippen molar-refractivity contribution >= 4 is 27.5 Å². The van der Waals surface area contributed by atoms with Crippen molar-refractivity contribution in [1.29, 1.82) is 0 Å². The van der Waals surface area contributed by atoms with Crippen LogP contribution in [0.3, 0.4) is 0 Å². The van der Waals surface area contributed by atoms with Gasteiger partial charge in [-0.05, 0) is 43.1 Å². The van der Waals surface area contributed by atoms with Crippen LogP contribution < -0.4 is 10.0 Å². The second-order valence-corrected chi connectivity index (χ2v) is 9.05. The molecule has 1 heterocycles. The zero-order valence-electron chi connectivity index (χ0n) is 15.8. The summed E-state index contributed by atoms with van der Waals surface area (Å²) in [5.74, 6) is -0.504. The second kappa shape index (κ2) is 10.4. The van der Waals surface area contributed by atoms with Crippen LogP contribution >= 0.6 is 11.6 Å². The molecule has 0 aliphatic carbocycles. The highest BCUT2D eigenvalue weighted by Gasteiger charge is 2.28. The number of sulfonamides is 1. The number of rotatable bonds is 9. The fraction of sp³-hybridized carbons (Fsp3) is 0.611. The van der Waals surface area contributed by atoms with Gasteiger partial charge in [-0.1, -0.05) is 25.4 Å². The van der Waals surface area contributed by atoms with Gasteiger partial charge in [0.1, 0.15) is 6.04 Å². The van der Waals surface area contributed by atoms with Gasteiger partial charge in [-0.3, -0.25) is 9.69 Å². The van der Waals surface area contributed by atoms with Crippen molar-refractivity contribution < 1.29 is 17.9 Å². The Hall–Kier alpha value is -1.19. The van der Waals surface area contributed by atoms with E-state index in [0.29, 0.717) is 11.6 Å². The van der Waals surface area contributed by atoms with Gasteiger partial charge in [0.2, 0.25) is 15.9 Å². The molecule has 2 N–H and O–H groups in total. The van der Waals surface area contributed by atoms with Crippen molar-refractivity contribution in [2.24, 2.45) is 5.92 Å². The first-order valence-corrected chi connectivity index (χ1v) is 11.0. The maximum Gasteiger partial charge on any atom is 0.241 e. The van der Waals surface area contributed by atoms with Crippen LogP contribution in [0.15, 0.2) is 29.2 Å². The molecule has 0 saturated carbocycles. The minimum Gasteiger partial charge on any atom is -0.379 e.